The summed E-state index contributed by atoms with van der Waals surface area (Å²) in [5.74, 6) is 0.181. The summed E-state index contributed by atoms with van der Waals surface area (Å²) in [6.07, 6.45) is 0.716. The third-order valence-electron chi connectivity index (χ3n) is 5.28. The molecule has 31 heavy (non-hydrogen) atoms. The van der Waals surface area contributed by atoms with E-state index in [1.807, 2.05) is 6.07 Å². The molecule has 162 valence electrons. The van der Waals surface area contributed by atoms with Crippen LogP contribution >= 0.6 is 23.2 Å². The van der Waals surface area contributed by atoms with Crippen molar-refractivity contribution >= 4 is 23.2 Å². The highest BCUT2D eigenvalue weighted by molar-refractivity contribution is 6.33. The first-order chi connectivity index (χ1) is 14.8. The minimum absolute atomic E-state index is 0.181. The molecule has 1 fully saturated rings. The fourth-order valence-electron chi connectivity index (χ4n) is 3.59. The van der Waals surface area contributed by atoms with Crippen LogP contribution in [0.25, 0.3) is 11.1 Å². The number of nitrogens with zero attached hydrogens (tertiary/aromatic N) is 1. The van der Waals surface area contributed by atoms with Crippen molar-refractivity contribution in [2.45, 2.75) is 31.1 Å². The van der Waals surface area contributed by atoms with E-state index in [-0.39, 0.29) is 11.3 Å². The summed E-state index contributed by atoms with van der Waals surface area (Å²) in [4.78, 5) is 4.27. The average Bonchev–Trinajstić information content (AvgIpc) is 3.54. The minimum Gasteiger partial charge on any atom is -0.483 e. The van der Waals surface area contributed by atoms with E-state index in [4.69, 9.17) is 27.9 Å². The number of nitrogens with one attached hydrogen (secondary N) is 1. The Bertz CT molecular complexity index is 1080. The van der Waals surface area contributed by atoms with Crippen LogP contribution in [-0.2, 0) is 12.1 Å². The van der Waals surface area contributed by atoms with Gasteiger partial charge in [-0.25, -0.2) is 0 Å². The second kappa shape index (κ2) is 8.69. The highest BCUT2D eigenvalue weighted by Gasteiger charge is 2.45. The lowest BCUT2D eigenvalue weighted by molar-refractivity contribution is -0.153. The van der Waals surface area contributed by atoms with Gasteiger partial charge in [0.05, 0.1) is 0 Å². The van der Waals surface area contributed by atoms with Crippen LogP contribution in [0.15, 0.2) is 60.9 Å². The van der Waals surface area contributed by atoms with Gasteiger partial charge >= 0.3 is 6.18 Å². The maximum atomic E-state index is 12.7. The number of benzene rings is 2. The summed E-state index contributed by atoms with van der Waals surface area (Å²) in [5, 5.41) is 4.77. The van der Waals surface area contributed by atoms with Crippen molar-refractivity contribution in [3.8, 4) is 16.9 Å². The van der Waals surface area contributed by atoms with Crippen molar-refractivity contribution in [3.63, 3.8) is 0 Å². The van der Waals surface area contributed by atoms with Gasteiger partial charge in [0.2, 0.25) is 0 Å². The van der Waals surface area contributed by atoms with E-state index in [0.717, 1.165) is 29.5 Å². The first kappa shape index (κ1) is 21.9. The molecule has 1 aromatic heterocycles. The van der Waals surface area contributed by atoms with E-state index < -0.39 is 12.8 Å². The fourth-order valence-corrected chi connectivity index (χ4v) is 3.97. The van der Waals surface area contributed by atoms with E-state index in [9.17, 15) is 13.2 Å². The Morgan fingerprint density at radius 2 is 1.81 bits per heavy atom. The van der Waals surface area contributed by atoms with Crippen LogP contribution < -0.4 is 10.1 Å². The van der Waals surface area contributed by atoms with Crippen LogP contribution in [0.3, 0.4) is 0 Å². The minimum atomic E-state index is -4.41. The van der Waals surface area contributed by atoms with Crippen molar-refractivity contribution in [1.82, 2.24) is 10.3 Å². The molecule has 0 aliphatic heterocycles. The molecule has 0 spiro atoms. The molecule has 8 heteroatoms. The molecule has 1 aliphatic carbocycles. The number of hydrogen-bond donors (Lipinski definition) is 1. The quantitative estimate of drug-likeness (QED) is 0.416. The van der Waals surface area contributed by atoms with E-state index in [0.29, 0.717) is 22.2 Å². The maximum Gasteiger partial charge on any atom is 0.422 e. The summed E-state index contributed by atoms with van der Waals surface area (Å²) < 4.78 is 43.2. The van der Waals surface area contributed by atoms with Gasteiger partial charge in [0.15, 0.2) is 6.61 Å². The smallest absolute Gasteiger partial charge is 0.422 e. The fraction of sp³-hybridized carbons (Fsp3) is 0.261. The standard InChI is InChI=1S/C23H19Cl2F3N2O/c24-16-5-6-20(25)15(11-16)12-30-22(8-9-22)19-13-29-10-7-17(19)18-3-1-2-4-21(18)31-14-23(26,27)28/h1-7,10-11,13,30H,8-9,12,14H2. The molecule has 0 unspecified atom stereocenters. The summed E-state index contributed by atoms with van der Waals surface area (Å²) in [6, 6.07) is 13.8. The summed E-state index contributed by atoms with van der Waals surface area (Å²) in [6.45, 7) is -0.846. The summed E-state index contributed by atoms with van der Waals surface area (Å²) in [7, 11) is 0. The second-order valence-corrected chi connectivity index (χ2v) is 8.34. The molecule has 0 radical (unpaired) electrons. The van der Waals surface area contributed by atoms with Gasteiger partial charge < -0.3 is 10.1 Å². The average molecular weight is 467 g/mol. The van der Waals surface area contributed by atoms with Crippen molar-refractivity contribution in [2.24, 2.45) is 0 Å². The van der Waals surface area contributed by atoms with Crippen molar-refractivity contribution in [1.29, 1.82) is 0 Å². The number of ether oxygens (including phenoxy) is 1. The number of alkyl halides is 3. The van der Waals surface area contributed by atoms with Gasteiger partial charge in [0, 0.05) is 40.1 Å². The van der Waals surface area contributed by atoms with Gasteiger partial charge in [-0.2, -0.15) is 13.2 Å². The Kier molecular flexibility index (Phi) is 6.15. The molecule has 1 heterocycles. The lowest BCUT2D eigenvalue weighted by atomic mass is 9.94. The number of halogens is 5. The molecule has 0 atom stereocenters. The maximum absolute atomic E-state index is 12.7. The Hall–Kier alpha value is -2.28. The van der Waals surface area contributed by atoms with Crippen LogP contribution in [0.4, 0.5) is 13.2 Å². The molecule has 4 rings (SSSR count). The Labute approximate surface area is 188 Å². The SMILES string of the molecule is FC(F)(F)COc1ccccc1-c1ccncc1C1(NCc2cc(Cl)ccc2Cl)CC1. The van der Waals surface area contributed by atoms with Gasteiger partial charge in [-0.1, -0.05) is 41.4 Å². The van der Waals surface area contributed by atoms with Gasteiger partial charge in [-0.3, -0.25) is 4.98 Å². The Morgan fingerprint density at radius 3 is 2.55 bits per heavy atom. The monoisotopic (exact) mass is 466 g/mol. The molecule has 2 aromatic carbocycles. The Balaban J connectivity index is 1.63. The first-order valence-electron chi connectivity index (χ1n) is 9.70. The molecular weight excluding hydrogens is 448 g/mol. The highest BCUT2D eigenvalue weighted by Crippen LogP contribution is 2.50. The molecule has 1 N–H and O–H groups in total. The second-order valence-electron chi connectivity index (χ2n) is 7.49. The zero-order valence-electron chi connectivity index (χ0n) is 16.3. The molecule has 1 aliphatic rings. The molecule has 0 amide bonds. The van der Waals surface area contributed by atoms with Crippen LogP contribution in [0, 0.1) is 0 Å². The predicted octanol–water partition coefficient (Wildman–Crippen LogP) is 6.78. The van der Waals surface area contributed by atoms with Crippen LogP contribution in [0.1, 0.15) is 24.0 Å². The van der Waals surface area contributed by atoms with E-state index >= 15 is 0 Å². The summed E-state index contributed by atoms with van der Waals surface area (Å²) >= 11 is 12.4. The van der Waals surface area contributed by atoms with Gasteiger partial charge in [-0.05, 0) is 59.9 Å². The van der Waals surface area contributed by atoms with Crippen molar-refractivity contribution < 1.29 is 17.9 Å². The number of aromatic nitrogens is 1. The van der Waals surface area contributed by atoms with Crippen LogP contribution in [-0.4, -0.2) is 17.8 Å². The molecular formula is C23H19Cl2F3N2O. The topological polar surface area (TPSA) is 34.1 Å². The molecule has 3 nitrogen and oxygen atoms in total. The number of rotatable bonds is 7. The molecule has 1 saturated carbocycles. The zero-order valence-corrected chi connectivity index (χ0v) is 17.9. The summed E-state index contributed by atoms with van der Waals surface area (Å²) in [5.41, 5.74) is 2.83. The van der Waals surface area contributed by atoms with Crippen LogP contribution in [0.2, 0.25) is 10.0 Å². The molecule has 0 bridgehead atoms. The van der Waals surface area contributed by atoms with E-state index in [1.165, 1.54) is 0 Å². The van der Waals surface area contributed by atoms with E-state index in [2.05, 4.69) is 10.3 Å². The van der Waals surface area contributed by atoms with Crippen LogP contribution in [0.5, 0.6) is 5.75 Å². The van der Waals surface area contributed by atoms with E-state index in [1.54, 1.807) is 54.9 Å². The predicted molar refractivity (Wildman–Crippen MR) is 115 cm³/mol. The van der Waals surface area contributed by atoms with Crippen molar-refractivity contribution in [2.75, 3.05) is 6.61 Å². The third kappa shape index (κ3) is 5.14. The van der Waals surface area contributed by atoms with Gasteiger partial charge in [0.1, 0.15) is 5.75 Å². The number of pyridine rings is 1. The largest absolute Gasteiger partial charge is 0.483 e. The van der Waals surface area contributed by atoms with Gasteiger partial charge in [0.25, 0.3) is 0 Å². The molecule has 3 aromatic rings. The zero-order chi connectivity index (χ0) is 22.1. The number of para-hydroxylation sites is 1. The first-order valence-corrected chi connectivity index (χ1v) is 10.5. The van der Waals surface area contributed by atoms with Gasteiger partial charge in [-0.15, -0.1) is 0 Å². The Morgan fingerprint density at radius 1 is 1.03 bits per heavy atom. The normalized spacial score (nSPS) is 15.0. The molecule has 0 saturated heterocycles. The number of hydrogen-bond acceptors (Lipinski definition) is 3. The van der Waals surface area contributed by atoms with Crippen molar-refractivity contribution in [3.05, 3.63) is 82.1 Å². The third-order valence-corrected chi connectivity index (χ3v) is 5.88. The lowest BCUT2D eigenvalue weighted by Gasteiger charge is -2.22. The highest BCUT2D eigenvalue weighted by atomic mass is 35.5. The lowest BCUT2D eigenvalue weighted by Crippen LogP contribution is -2.29.